The smallest absolute Gasteiger partial charge is 0.234 e. The van der Waals surface area contributed by atoms with Crippen molar-refractivity contribution in [3.63, 3.8) is 0 Å². The number of rotatable bonds is 4. The van der Waals surface area contributed by atoms with E-state index in [-0.39, 0.29) is 16.9 Å². The van der Waals surface area contributed by atoms with E-state index in [1.165, 1.54) is 0 Å². The first-order valence-electron chi connectivity index (χ1n) is 6.69. The summed E-state index contributed by atoms with van der Waals surface area (Å²) in [5.74, 6) is 0.254. The van der Waals surface area contributed by atoms with Crippen LogP contribution in [0.2, 0.25) is 0 Å². The molecule has 104 valence electrons. The molecule has 1 aromatic carbocycles. The van der Waals surface area contributed by atoms with Crippen LogP contribution in [0.1, 0.15) is 49.2 Å². The van der Waals surface area contributed by atoms with Gasteiger partial charge in [-0.3, -0.25) is 0 Å². The molecular weight excluding hydrogens is 255 g/mol. The summed E-state index contributed by atoms with van der Waals surface area (Å²) in [6.45, 7) is 12.2. The lowest BCUT2D eigenvalue weighted by Gasteiger charge is -2.23. The molecule has 0 aliphatic heterocycles. The second kappa shape index (κ2) is 5.96. The molecule has 0 bridgehead atoms. The molecular formula is C16H24O2P+. The standard InChI is InChI=1S/C16H24O2P/c1-11-8-7-9-12(2)14(11)15(17)19(18)10-13(3)16(4,5)6/h7-9,13H,10H2,1-6H3/q+1. The van der Waals surface area contributed by atoms with Gasteiger partial charge >= 0.3 is 13.3 Å². The maximum atomic E-state index is 12.4. The van der Waals surface area contributed by atoms with Crippen molar-refractivity contribution in [2.24, 2.45) is 11.3 Å². The largest absolute Gasteiger partial charge is 0.420 e. The summed E-state index contributed by atoms with van der Waals surface area (Å²) >= 11 is 0. The Kier molecular flexibility index (Phi) is 5.04. The summed E-state index contributed by atoms with van der Waals surface area (Å²) in [7, 11) is -1.84. The zero-order valence-electron chi connectivity index (χ0n) is 12.8. The summed E-state index contributed by atoms with van der Waals surface area (Å²) in [6.07, 6.45) is 0.464. The van der Waals surface area contributed by atoms with Gasteiger partial charge in [-0.2, -0.15) is 0 Å². The monoisotopic (exact) mass is 279 g/mol. The Labute approximate surface area is 117 Å². The van der Waals surface area contributed by atoms with Crippen molar-refractivity contribution >= 4 is 13.3 Å². The van der Waals surface area contributed by atoms with Crippen LogP contribution in [0.25, 0.3) is 0 Å². The molecule has 0 aromatic heterocycles. The van der Waals surface area contributed by atoms with Gasteiger partial charge in [0, 0.05) is 5.92 Å². The topological polar surface area (TPSA) is 34.1 Å². The number of carbonyl (C=O) groups is 1. The van der Waals surface area contributed by atoms with Crippen LogP contribution in [0.4, 0.5) is 0 Å². The minimum Gasteiger partial charge on any atom is -0.234 e. The summed E-state index contributed by atoms with van der Waals surface area (Å²) in [6, 6.07) is 5.72. The molecule has 0 heterocycles. The van der Waals surface area contributed by atoms with E-state index in [0.717, 1.165) is 11.1 Å². The van der Waals surface area contributed by atoms with Crippen LogP contribution < -0.4 is 0 Å². The fraction of sp³-hybridized carbons (Fsp3) is 0.562. The van der Waals surface area contributed by atoms with Crippen molar-refractivity contribution < 1.29 is 9.36 Å². The predicted molar refractivity (Wildman–Crippen MR) is 81.3 cm³/mol. The highest BCUT2D eigenvalue weighted by Gasteiger charge is 2.36. The van der Waals surface area contributed by atoms with Crippen molar-refractivity contribution in [2.75, 3.05) is 6.16 Å². The SMILES string of the molecule is Cc1cccc(C)c1C(=O)[P+](=O)CC(C)C(C)(C)C. The van der Waals surface area contributed by atoms with Gasteiger partial charge in [-0.15, -0.1) is 0 Å². The van der Waals surface area contributed by atoms with Gasteiger partial charge in [0.15, 0.2) is 6.16 Å². The van der Waals surface area contributed by atoms with E-state index in [1.807, 2.05) is 32.0 Å². The molecule has 1 rings (SSSR count). The third-order valence-corrected chi connectivity index (χ3v) is 5.40. The zero-order chi connectivity index (χ0) is 14.8. The lowest BCUT2D eigenvalue weighted by molar-refractivity contribution is 0.107. The molecule has 19 heavy (non-hydrogen) atoms. The number of benzene rings is 1. The normalized spacial score (nSPS) is 14.1. The lowest BCUT2D eigenvalue weighted by Crippen LogP contribution is -2.20. The van der Waals surface area contributed by atoms with Crippen molar-refractivity contribution in [3.8, 4) is 0 Å². The minimum atomic E-state index is -1.84. The summed E-state index contributed by atoms with van der Waals surface area (Å²) in [4.78, 5) is 12.4. The number of aryl methyl sites for hydroxylation is 2. The molecule has 0 aliphatic rings. The van der Waals surface area contributed by atoms with Gasteiger partial charge in [-0.05, 0) is 30.4 Å². The predicted octanol–water partition coefficient (Wildman–Crippen LogP) is 4.95. The van der Waals surface area contributed by atoms with Crippen molar-refractivity contribution in [1.82, 2.24) is 0 Å². The van der Waals surface area contributed by atoms with E-state index in [4.69, 9.17) is 0 Å². The third-order valence-electron chi connectivity index (χ3n) is 3.84. The molecule has 0 saturated heterocycles. The highest BCUT2D eigenvalue weighted by Crippen LogP contribution is 2.37. The Morgan fingerprint density at radius 2 is 1.68 bits per heavy atom. The molecule has 0 spiro atoms. The van der Waals surface area contributed by atoms with Gasteiger partial charge < -0.3 is 0 Å². The van der Waals surface area contributed by atoms with Crippen LogP contribution in [0, 0.1) is 25.2 Å². The average Bonchev–Trinajstić information content (AvgIpc) is 2.27. The van der Waals surface area contributed by atoms with Gasteiger partial charge in [0.1, 0.15) is 0 Å². The van der Waals surface area contributed by atoms with E-state index in [2.05, 4.69) is 27.7 Å². The highest BCUT2D eigenvalue weighted by atomic mass is 31.1. The maximum absolute atomic E-state index is 12.4. The second-order valence-corrected chi connectivity index (χ2v) is 7.93. The van der Waals surface area contributed by atoms with Crippen LogP contribution in [0.5, 0.6) is 0 Å². The van der Waals surface area contributed by atoms with Crippen LogP contribution in [0.3, 0.4) is 0 Å². The molecule has 2 nitrogen and oxygen atoms in total. The van der Waals surface area contributed by atoms with Gasteiger partial charge in [-0.1, -0.05) is 50.5 Å². The van der Waals surface area contributed by atoms with Crippen LogP contribution >= 0.6 is 7.80 Å². The Morgan fingerprint density at radius 1 is 1.21 bits per heavy atom. The average molecular weight is 279 g/mol. The molecule has 1 aromatic rings. The van der Waals surface area contributed by atoms with E-state index in [1.54, 1.807) is 0 Å². The van der Waals surface area contributed by atoms with E-state index >= 15 is 0 Å². The number of carbonyl (C=O) groups excluding carboxylic acids is 1. The minimum absolute atomic E-state index is 0.0754. The molecule has 2 unspecified atom stereocenters. The first-order chi connectivity index (χ1) is 8.64. The fourth-order valence-corrected chi connectivity index (χ4v) is 3.70. The molecule has 0 amide bonds. The van der Waals surface area contributed by atoms with Crippen LogP contribution in [-0.2, 0) is 4.57 Å². The zero-order valence-corrected chi connectivity index (χ0v) is 13.7. The lowest BCUT2D eigenvalue weighted by atomic mass is 9.83. The van der Waals surface area contributed by atoms with Gasteiger partial charge in [0.2, 0.25) is 0 Å². The van der Waals surface area contributed by atoms with Gasteiger partial charge in [0.25, 0.3) is 0 Å². The van der Waals surface area contributed by atoms with E-state index in [9.17, 15) is 9.36 Å². The molecule has 0 saturated carbocycles. The highest BCUT2D eigenvalue weighted by molar-refractivity contribution is 7.64. The fourth-order valence-electron chi connectivity index (χ4n) is 1.88. The molecule has 0 fully saturated rings. The van der Waals surface area contributed by atoms with E-state index in [0.29, 0.717) is 11.7 Å². The second-order valence-electron chi connectivity index (χ2n) is 6.40. The molecule has 0 radical (unpaired) electrons. The summed E-state index contributed by atoms with van der Waals surface area (Å²) in [5.41, 5.74) is 2.35. The summed E-state index contributed by atoms with van der Waals surface area (Å²) < 4.78 is 12.3. The molecule has 0 N–H and O–H groups in total. The van der Waals surface area contributed by atoms with Gasteiger partial charge in [0.05, 0.1) is 5.56 Å². The molecule has 2 atom stereocenters. The number of hydrogen-bond donors (Lipinski definition) is 0. The van der Waals surface area contributed by atoms with Crippen molar-refractivity contribution in [1.29, 1.82) is 0 Å². The third kappa shape index (κ3) is 3.98. The Morgan fingerprint density at radius 3 is 2.11 bits per heavy atom. The van der Waals surface area contributed by atoms with Crippen molar-refractivity contribution in [3.05, 3.63) is 34.9 Å². The Bertz CT molecular complexity index is 478. The van der Waals surface area contributed by atoms with Crippen molar-refractivity contribution in [2.45, 2.75) is 41.5 Å². The first kappa shape index (κ1) is 16.0. The van der Waals surface area contributed by atoms with Crippen LogP contribution in [0.15, 0.2) is 18.2 Å². The van der Waals surface area contributed by atoms with Crippen LogP contribution in [-0.4, -0.2) is 11.7 Å². The quantitative estimate of drug-likeness (QED) is 0.730. The number of hydrogen-bond acceptors (Lipinski definition) is 2. The first-order valence-corrected chi connectivity index (χ1v) is 8.14. The molecule has 3 heteroatoms. The maximum Gasteiger partial charge on any atom is 0.420 e. The summed E-state index contributed by atoms with van der Waals surface area (Å²) in [5, 5.41) is 0. The molecule has 0 aliphatic carbocycles. The van der Waals surface area contributed by atoms with E-state index < -0.39 is 7.80 Å². The Balaban J connectivity index is 2.93. The van der Waals surface area contributed by atoms with Gasteiger partial charge in [-0.25, -0.2) is 4.79 Å². The Hall–Kier alpha value is -1.01.